The predicted molar refractivity (Wildman–Crippen MR) is 117 cm³/mol. The number of fused-ring (bicyclic) bond motifs is 4. The first-order valence-corrected chi connectivity index (χ1v) is 12.4. The van der Waals surface area contributed by atoms with Gasteiger partial charge in [-0.25, -0.2) is 13.2 Å². The zero-order valence-corrected chi connectivity index (χ0v) is 18.6. The molecule has 30 heavy (non-hydrogen) atoms. The second-order valence-corrected chi connectivity index (χ2v) is 11.3. The third-order valence-electron chi connectivity index (χ3n) is 6.04. The zero-order chi connectivity index (χ0) is 21.8. The van der Waals surface area contributed by atoms with Crippen molar-refractivity contribution in [2.75, 3.05) is 49.2 Å². The number of anilines is 1. The summed E-state index contributed by atoms with van der Waals surface area (Å²) < 4.78 is 29.5. The van der Waals surface area contributed by atoms with Crippen LogP contribution < -0.4 is 20.3 Å². The summed E-state index contributed by atoms with van der Waals surface area (Å²) in [5.74, 6) is 1.16. The summed E-state index contributed by atoms with van der Waals surface area (Å²) in [6.45, 7) is 8.06. The van der Waals surface area contributed by atoms with Gasteiger partial charge in [-0.15, -0.1) is 0 Å². The molecule has 8 nitrogen and oxygen atoms in total. The normalized spacial score (nSPS) is 23.1. The monoisotopic (exact) mass is 439 g/mol. The maximum Gasteiger partial charge on any atom is 0.404 e. The molecule has 0 aliphatic carbocycles. The molecule has 0 spiro atoms. The van der Waals surface area contributed by atoms with Gasteiger partial charge in [-0.2, -0.15) is 0 Å². The van der Waals surface area contributed by atoms with Gasteiger partial charge in [0.1, 0.15) is 5.75 Å². The number of carbonyl (C=O) groups is 1. The maximum absolute atomic E-state index is 11.9. The Bertz CT molecular complexity index is 826. The van der Waals surface area contributed by atoms with Crippen molar-refractivity contribution < 1.29 is 23.1 Å². The van der Waals surface area contributed by atoms with Crippen molar-refractivity contribution in [1.29, 1.82) is 0 Å². The Hall–Kier alpha value is -2.00. The molecule has 168 valence electrons. The molecule has 3 aliphatic heterocycles. The molecule has 3 aliphatic rings. The highest BCUT2D eigenvalue weighted by atomic mass is 32.2. The van der Waals surface area contributed by atoms with E-state index in [1.54, 1.807) is 0 Å². The van der Waals surface area contributed by atoms with Crippen LogP contribution in [0.3, 0.4) is 0 Å². The van der Waals surface area contributed by atoms with E-state index in [0.29, 0.717) is 25.0 Å². The van der Waals surface area contributed by atoms with Gasteiger partial charge in [0, 0.05) is 31.4 Å². The quantitative estimate of drug-likeness (QED) is 0.505. The number of benzene rings is 1. The van der Waals surface area contributed by atoms with Gasteiger partial charge in [0.25, 0.3) is 0 Å². The van der Waals surface area contributed by atoms with Gasteiger partial charge < -0.3 is 25.4 Å². The van der Waals surface area contributed by atoms with Crippen LogP contribution in [0.25, 0.3) is 0 Å². The van der Waals surface area contributed by atoms with Crippen molar-refractivity contribution in [3.8, 4) is 5.75 Å². The molecule has 1 aromatic carbocycles. The van der Waals surface area contributed by atoms with E-state index < -0.39 is 15.9 Å². The number of hydrogen-bond donors (Lipinski definition) is 3. The number of sulfone groups is 1. The molecule has 3 saturated heterocycles. The van der Waals surface area contributed by atoms with Crippen molar-refractivity contribution >= 4 is 21.6 Å². The van der Waals surface area contributed by atoms with E-state index in [2.05, 4.69) is 41.5 Å². The first kappa shape index (κ1) is 22.7. The van der Waals surface area contributed by atoms with E-state index in [1.807, 2.05) is 12.1 Å². The Morgan fingerprint density at radius 3 is 2.70 bits per heavy atom. The average molecular weight is 440 g/mol. The second-order valence-electron chi connectivity index (χ2n) is 8.96. The van der Waals surface area contributed by atoms with Gasteiger partial charge in [-0.1, -0.05) is 13.8 Å². The fraction of sp³-hybridized carbons (Fsp3) is 0.667. The lowest BCUT2D eigenvalue weighted by atomic mass is 9.73. The highest BCUT2D eigenvalue weighted by Gasteiger charge is 2.43. The standard InChI is InChI=1S/C21H33N3O5S/c1-21(2)12-16-13-22-14-19(21)24(15-16)17-4-6-18(7-5-17)29-9-3-10-30(27,28)11-8-23-20(25)26/h4-7,16,19,22-23H,3,8-15H2,1-2H3,(H,25,26)/t16-,19+/m0/s1. The molecule has 9 heteroatoms. The van der Waals surface area contributed by atoms with E-state index in [1.165, 1.54) is 12.1 Å². The van der Waals surface area contributed by atoms with Gasteiger partial charge in [0.05, 0.1) is 18.1 Å². The number of ether oxygens (including phenoxy) is 1. The Morgan fingerprint density at radius 1 is 1.27 bits per heavy atom. The summed E-state index contributed by atoms with van der Waals surface area (Å²) >= 11 is 0. The van der Waals surface area contributed by atoms with Crippen LogP contribution in [-0.4, -0.2) is 70.0 Å². The molecule has 0 radical (unpaired) electrons. The average Bonchev–Trinajstić information content (AvgIpc) is 2.95. The van der Waals surface area contributed by atoms with Gasteiger partial charge in [0.15, 0.2) is 9.84 Å². The van der Waals surface area contributed by atoms with E-state index >= 15 is 0 Å². The number of rotatable bonds is 9. The molecule has 0 aromatic heterocycles. The number of nitrogens with one attached hydrogen (secondary N) is 2. The van der Waals surface area contributed by atoms with Gasteiger partial charge in [-0.3, -0.25) is 0 Å². The Morgan fingerprint density at radius 2 is 2.00 bits per heavy atom. The van der Waals surface area contributed by atoms with Crippen LogP contribution in [0.15, 0.2) is 24.3 Å². The summed E-state index contributed by atoms with van der Waals surface area (Å²) in [5, 5.41) is 14.2. The van der Waals surface area contributed by atoms with Crippen molar-refractivity contribution in [2.45, 2.75) is 32.7 Å². The lowest BCUT2D eigenvalue weighted by Crippen LogP contribution is -2.53. The van der Waals surface area contributed by atoms with Crippen LogP contribution in [0.5, 0.6) is 5.75 Å². The van der Waals surface area contributed by atoms with Crippen LogP contribution in [0.2, 0.25) is 0 Å². The number of carboxylic acid groups (broad SMARTS) is 1. The van der Waals surface area contributed by atoms with Crippen LogP contribution in [-0.2, 0) is 9.84 Å². The molecule has 2 atom stereocenters. The molecule has 1 aromatic rings. The summed E-state index contributed by atoms with van der Waals surface area (Å²) in [5.41, 5.74) is 1.47. The fourth-order valence-corrected chi connectivity index (χ4v) is 5.80. The SMILES string of the molecule is CC1(C)C[C@H]2CNC[C@H]1N(c1ccc(OCCCS(=O)(=O)CCNC(=O)O)cc1)C2. The first-order valence-electron chi connectivity index (χ1n) is 10.5. The Kier molecular flexibility index (Phi) is 7.13. The number of amides is 1. The third kappa shape index (κ3) is 6.01. The van der Waals surface area contributed by atoms with Gasteiger partial charge in [0.2, 0.25) is 0 Å². The molecule has 4 rings (SSSR count). The van der Waals surface area contributed by atoms with Gasteiger partial charge >= 0.3 is 6.09 Å². The summed E-state index contributed by atoms with van der Waals surface area (Å²) in [6, 6.07) is 8.52. The van der Waals surface area contributed by atoms with Crippen molar-refractivity contribution in [3.63, 3.8) is 0 Å². The fourth-order valence-electron chi connectivity index (χ4n) is 4.62. The highest BCUT2D eigenvalue weighted by Crippen LogP contribution is 2.41. The third-order valence-corrected chi connectivity index (χ3v) is 7.78. The molecular weight excluding hydrogens is 406 g/mol. The number of hydrogen-bond acceptors (Lipinski definition) is 6. The van der Waals surface area contributed by atoms with Crippen LogP contribution in [0, 0.1) is 11.3 Å². The number of piperidine rings is 1. The van der Waals surface area contributed by atoms with Crippen LogP contribution >= 0.6 is 0 Å². The van der Waals surface area contributed by atoms with Crippen LogP contribution in [0.4, 0.5) is 10.5 Å². The minimum absolute atomic E-state index is 0.0225. The van der Waals surface area contributed by atoms with Crippen LogP contribution in [0.1, 0.15) is 26.7 Å². The van der Waals surface area contributed by atoms with Crippen molar-refractivity contribution in [1.82, 2.24) is 10.6 Å². The molecule has 3 fully saturated rings. The summed E-state index contributed by atoms with van der Waals surface area (Å²) in [4.78, 5) is 12.9. The molecule has 2 bridgehead atoms. The molecular formula is C21H33N3O5S. The largest absolute Gasteiger partial charge is 0.494 e. The Balaban J connectivity index is 1.48. The molecule has 0 unspecified atom stereocenters. The Labute approximate surface area is 178 Å². The molecule has 3 N–H and O–H groups in total. The lowest BCUT2D eigenvalue weighted by Gasteiger charge is -2.48. The topological polar surface area (TPSA) is 108 Å². The van der Waals surface area contributed by atoms with E-state index in [0.717, 1.165) is 25.4 Å². The summed E-state index contributed by atoms with van der Waals surface area (Å²) in [6.07, 6.45) is 0.398. The maximum atomic E-state index is 11.9. The zero-order valence-electron chi connectivity index (χ0n) is 17.8. The second kappa shape index (κ2) is 9.43. The lowest BCUT2D eigenvalue weighted by molar-refractivity contribution is 0.192. The van der Waals surface area contributed by atoms with Crippen molar-refractivity contribution in [3.05, 3.63) is 24.3 Å². The van der Waals surface area contributed by atoms with Crippen molar-refractivity contribution in [2.24, 2.45) is 11.3 Å². The molecule has 1 amide bonds. The molecule has 0 saturated carbocycles. The highest BCUT2D eigenvalue weighted by molar-refractivity contribution is 7.91. The minimum Gasteiger partial charge on any atom is -0.494 e. The first-order chi connectivity index (χ1) is 14.2. The van der Waals surface area contributed by atoms with E-state index in [9.17, 15) is 13.2 Å². The summed E-state index contributed by atoms with van der Waals surface area (Å²) in [7, 11) is -3.29. The van der Waals surface area contributed by atoms with E-state index in [4.69, 9.17) is 9.84 Å². The van der Waals surface area contributed by atoms with E-state index in [-0.39, 0.29) is 23.5 Å². The van der Waals surface area contributed by atoms with Gasteiger partial charge in [-0.05, 0) is 55.0 Å². The molecule has 3 heterocycles. The number of nitrogens with zero attached hydrogens (tertiary/aromatic N) is 1. The smallest absolute Gasteiger partial charge is 0.404 e. The minimum atomic E-state index is -3.29. The predicted octanol–water partition coefficient (Wildman–Crippen LogP) is 1.96.